The number of rotatable bonds is 8. The second-order valence-electron chi connectivity index (χ2n) is 7.13. The van der Waals surface area contributed by atoms with Gasteiger partial charge in [0.1, 0.15) is 11.7 Å². The number of nitrogens with zero attached hydrogens (tertiary/aromatic N) is 4. The van der Waals surface area contributed by atoms with Crippen LogP contribution in [-0.2, 0) is 17.8 Å². The zero-order valence-electron chi connectivity index (χ0n) is 16.9. The molecule has 2 atom stereocenters. The van der Waals surface area contributed by atoms with Gasteiger partial charge in [-0.15, -0.1) is 11.8 Å². The topological polar surface area (TPSA) is 80.0 Å². The zero-order chi connectivity index (χ0) is 21.5. The normalized spacial score (nSPS) is 18.5. The monoisotopic (exact) mass is 436 g/mol. The molecule has 0 unspecified atom stereocenters. The lowest BCUT2D eigenvalue weighted by Crippen LogP contribution is -2.28. The minimum Gasteiger partial charge on any atom is -0.393 e. The fourth-order valence-electron chi connectivity index (χ4n) is 3.29. The Labute approximate surface area is 185 Å². The number of aliphatic hydroxyl groups excluding tert-OH is 1. The van der Waals surface area contributed by atoms with Crippen molar-refractivity contribution >= 4 is 23.9 Å². The van der Waals surface area contributed by atoms with E-state index >= 15 is 0 Å². The van der Waals surface area contributed by atoms with Crippen LogP contribution in [0.4, 0.5) is 5.82 Å². The number of aliphatic imine (C=N–C) groups is 1. The van der Waals surface area contributed by atoms with E-state index in [1.165, 1.54) is 27.5 Å². The lowest BCUT2D eigenvalue weighted by molar-refractivity contribution is -0.00630. The number of ether oxygens (including phenoxy) is 1. The maximum absolute atomic E-state index is 12.5. The molecule has 2 aromatic carbocycles. The van der Waals surface area contributed by atoms with E-state index in [0.29, 0.717) is 24.7 Å². The van der Waals surface area contributed by atoms with Gasteiger partial charge in [0.05, 0.1) is 12.9 Å². The predicted molar refractivity (Wildman–Crippen MR) is 122 cm³/mol. The van der Waals surface area contributed by atoms with Crippen molar-refractivity contribution in [3.8, 4) is 0 Å². The number of benzene rings is 2. The van der Waals surface area contributed by atoms with Gasteiger partial charge in [-0.3, -0.25) is 4.57 Å². The number of hydrogen-bond donors (Lipinski definition) is 1. The van der Waals surface area contributed by atoms with E-state index in [2.05, 4.69) is 39.1 Å². The number of aliphatic hydroxyl groups is 1. The molecular weight excluding hydrogens is 412 g/mol. The third kappa shape index (κ3) is 5.81. The van der Waals surface area contributed by atoms with E-state index in [4.69, 9.17) is 4.74 Å². The van der Waals surface area contributed by atoms with Crippen LogP contribution in [0.1, 0.15) is 17.4 Å². The quantitative estimate of drug-likeness (QED) is 0.432. The van der Waals surface area contributed by atoms with Crippen molar-refractivity contribution in [1.29, 1.82) is 0 Å². The molecule has 160 valence electrons. The highest BCUT2D eigenvalue weighted by Gasteiger charge is 2.27. The Kier molecular flexibility index (Phi) is 7.14. The molecule has 0 spiro atoms. The number of aromatic nitrogens is 2. The molecule has 0 saturated carbocycles. The van der Waals surface area contributed by atoms with Crippen molar-refractivity contribution in [1.82, 2.24) is 14.5 Å². The molecule has 4 rings (SSSR count). The van der Waals surface area contributed by atoms with Gasteiger partial charge >= 0.3 is 5.69 Å². The molecule has 31 heavy (non-hydrogen) atoms. The second kappa shape index (κ2) is 10.4. The Balaban J connectivity index is 1.50. The van der Waals surface area contributed by atoms with Crippen LogP contribution in [0.2, 0.25) is 0 Å². The molecule has 8 heteroatoms. The summed E-state index contributed by atoms with van der Waals surface area (Å²) >= 11 is 1.48. The Bertz CT molecular complexity index is 1020. The molecular formula is C23H24N4O3S. The van der Waals surface area contributed by atoms with Crippen molar-refractivity contribution in [2.45, 2.75) is 24.8 Å². The van der Waals surface area contributed by atoms with Gasteiger partial charge in [0, 0.05) is 25.0 Å². The maximum Gasteiger partial charge on any atom is 0.351 e. The Morgan fingerprint density at radius 3 is 2.29 bits per heavy atom. The molecule has 1 aliphatic rings. The third-order valence-corrected chi connectivity index (χ3v) is 5.93. The van der Waals surface area contributed by atoms with Crippen molar-refractivity contribution in [2.24, 2.45) is 4.99 Å². The van der Waals surface area contributed by atoms with Crippen molar-refractivity contribution in [3.05, 3.63) is 94.5 Å². The maximum atomic E-state index is 12.5. The minimum absolute atomic E-state index is 0.0790. The smallest absolute Gasteiger partial charge is 0.351 e. The van der Waals surface area contributed by atoms with Crippen LogP contribution in [0.15, 0.2) is 82.7 Å². The summed E-state index contributed by atoms with van der Waals surface area (Å²) in [4.78, 5) is 23.1. The average Bonchev–Trinajstić information content (AvgIpc) is 3.28. The van der Waals surface area contributed by atoms with Crippen molar-refractivity contribution in [2.75, 3.05) is 12.4 Å². The van der Waals surface area contributed by atoms with Gasteiger partial charge < -0.3 is 14.7 Å². The number of thioether (sulfide) groups is 1. The standard InChI is InChI=1S/C23H24N4O3S/c28-15-22-30-21(16-31-22)27-12-11-20(25-23(27)29)24-17-26(13-18-7-3-1-4-8-18)14-19-9-5-2-6-10-19/h1-12,17,21-22,28H,13-16H2/t21-,22+/m1/s1. The van der Waals surface area contributed by atoms with Gasteiger partial charge in [0.25, 0.3) is 0 Å². The summed E-state index contributed by atoms with van der Waals surface area (Å²) in [7, 11) is 0. The summed E-state index contributed by atoms with van der Waals surface area (Å²) < 4.78 is 7.08. The van der Waals surface area contributed by atoms with Gasteiger partial charge in [-0.2, -0.15) is 4.98 Å². The van der Waals surface area contributed by atoms with E-state index in [1.54, 1.807) is 18.6 Å². The summed E-state index contributed by atoms with van der Waals surface area (Å²) in [6.07, 6.45) is 2.95. The molecule has 7 nitrogen and oxygen atoms in total. The first-order valence-corrected chi connectivity index (χ1v) is 11.1. The molecule has 1 saturated heterocycles. The summed E-state index contributed by atoms with van der Waals surface area (Å²) in [5.74, 6) is 0.939. The van der Waals surface area contributed by atoms with Crippen LogP contribution in [0, 0.1) is 0 Å². The van der Waals surface area contributed by atoms with Crippen LogP contribution in [0.5, 0.6) is 0 Å². The van der Waals surface area contributed by atoms with Gasteiger partial charge in [0.15, 0.2) is 5.82 Å². The zero-order valence-corrected chi connectivity index (χ0v) is 17.8. The molecule has 2 heterocycles. The van der Waals surface area contributed by atoms with E-state index < -0.39 is 11.9 Å². The molecule has 1 N–H and O–H groups in total. The first-order valence-electron chi connectivity index (χ1n) is 10.0. The van der Waals surface area contributed by atoms with Gasteiger partial charge in [-0.05, 0) is 17.2 Å². The van der Waals surface area contributed by atoms with Crippen LogP contribution >= 0.6 is 11.8 Å². The van der Waals surface area contributed by atoms with E-state index in [9.17, 15) is 9.90 Å². The lowest BCUT2D eigenvalue weighted by Gasteiger charge is -2.20. The van der Waals surface area contributed by atoms with E-state index in [0.717, 1.165) is 0 Å². The largest absolute Gasteiger partial charge is 0.393 e. The first-order chi connectivity index (χ1) is 15.2. The van der Waals surface area contributed by atoms with Gasteiger partial charge in [-0.1, -0.05) is 60.7 Å². The van der Waals surface area contributed by atoms with Crippen LogP contribution in [0.25, 0.3) is 0 Å². The first kappa shape index (κ1) is 21.3. The SMILES string of the molecule is O=c1nc(N=CN(Cc2ccccc2)Cc2ccccc2)ccn1[C@H]1CS[C@@H](CO)O1. The molecule has 3 aromatic rings. The Morgan fingerprint density at radius 1 is 1.10 bits per heavy atom. The summed E-state index contributed by atoms with van der Waals surface area (Å²) in [5, 5.41) is 9.20. The summed E-state index contributed by atoms with van der Waals surface area (Å²) in [6.45, 7) is 1.29. The highest BCUT2D eigenvalue weighted by atomic mass is 32.2. The number of hydrogen-bond acceptors (Lipinski definition) is 6. The summed E-state index contributed by atoms with van der Waals surface area (Å²) in [5.41, 5.74) is 1.61. The van der Waals surface area contributed by atoms with Crippen LogP contribution < -0.4 is 5.69 Å². The molecule has 0 bridgehead atoms. The van der Waals surface area contributed by atoms with Gasteiger partial charge in [0.2, 0.25) is 0 Å². The highest BCUT2D eigenvalue weighted by Crippen LogP contribution is 2.30. The fraction of sp³-hybridized carbons (Fsp3) is 0.261. The van der Waals surface area contributed by atoms with Crippen molar-refractivity contribution in [3.63, 3.8) is 0 Å². The lowest BCUT2D eigenvalue weighted by atomic mass is 10.2. The fourth-order valence-corrected chi connectivity index (χ4v) is 4.22. The van der Waals surface area contributed by atoms with E-state index in [-0.39, 0.29) is 12.0 Å². The Hall–Kier alpha value is -2.94. The molecule has 0 radical (unpaired) electrons. The van der Waals surface area contributed by atoms with Crippen LogP contribution in [0.3, 0.4) is 0 Å². The highest BCUT2D eigenvalue weighted by molar-refractivity contribution is 8.00. The third-order valence-electron chi connectivity index (χ3n) is 4.82. The van der Waals surface area contributed by atoms with Crippen LogP contribution in [-0.4, -0.2) is 43.7 Å². The predicted octanol–water partition coefficient (Wildman–Crippen LogP) is 3.19. The summed E-state index contributed by atoms with van der Waals surface area (Å²) in [6, 6.07) is 22.0. The van der Waals surface area contributed by atoms with E-state index in [1.807, 2.05) is 36.4 Å². The molecule has 1 fully saturated rings. The Morgan fingerprint density at radius 2 is 1.74 bits per heavy atom. The molecule has 1 aromatic heterocycles. The molecule has 1 aliphatic heterocycles. The minimum atomic E-state index is -0.423. The molecule has 0 aliphatic carbocycles. The second-order valence-corrected chi connectivity index (χ2v) is 8.32. The average molecular weight is 437 g/mol. The van der Waals surface area contributed by atoms with Gasteiger partial charge in [-0.25, -0.2) is 9.79 Å². The molecule has 0 amide bonds. The van der Waals surface area contributed by atoms with Crippen molar-refractivity contribution < 1.29 is 9.84 Å².